The van der Waals surface area contributed by atoms with Crippen molar-refractivity contribution < 1.29 is 4.79 Å². The number of hydrogen-bond acceptors (Lipinski definition) is 7. The van der Waals surface area contributed by atoms with Crippen LogP contribution in [-0.2, 0) is 0 Å². The van der Waals surface area contributed by atoms with Crippen LogP contribution in [0.4, 0.5) is 5.82 Å². The summed E-state index contributed by atoms with van der Waals surface area (Å²) in [6.45, 7) is 1.81. The number of benzene rings is 2. The molecule has 0 unspecified atom stereocenters. The topological polar surface area (TPSA) is 146 Å². The Morgan fingerprint density at radius 2 is 1.95 bits per heavy atom. The molecule has 5 N–H and O–H groups in total. The summed E-state index contributed by atoms with van der Waals surface area (Å²) in [6.07, 6.45) is 6.18. The van der Waals surface area contributed by atoms with Gasteiger partial charge in [-0.1, -0.05) is 36.3 Å². The zero-order valence-corrected chi connectivity index (χ0v) is 21.9. The second-order valence-electron chi connectivity index (χ2n) is 8.88. The molecule has 0 aliphatic rings. The fraction of sp³-hybridized carbons (Fsp3) is 0.100. The van der Waals surface area contributed by atoms with Crippen molar-refractivity contribution in [2.75, 3.05) is 12.8 Å². The molecule has 0 aliphatic carbocycles. The van der Waals surface area contributed by atoms with Crippen LogP contribution < -0.4 is 22.3 Å². The van der Waals surface area contributed by atoms with Gasteiger partial charge >= 0.3 is 0 Å². The third kappa shape index (κ3) is 4.79. The summed E-state index contributed by atoms with van der Waals surface area (Å²) in [7, 11) is 1.62. The first-order valence-electron chi connectivity index (χ1n) is 12.4. The van der Waals surface area contributed by atoms with Gasteiger partial charge in [-0.05, 0) is 60.8 Å². The average molecular weight is 531 g/mol. The number of hydrogen-bond donors (Lipinski definition) is 3. The fourth-order valence-corrected chi connectivity index (χ4v) is 4.51. The standard InChI is InChI=1S/C30H26N8O2/c1-19(35-29(39)26-27(32)36-37-17-7-16-34-28(26)37)24-18-21-9-6-8-20(12-13-22(33-2)14-15-31)25(21)30(40)38(24)23-10-4-3-5-11-23/h3-11,14-19H,31H2,1-2H3,(H2,32,36)(H,35,39)/t19-/m0/s1. The van der Waals surface area contributed by atoms with Crippen molar-refractivity contribution in [2.45, 2.75) is 13.0 Å². The van der Waals surface area contributed by atoms with Crippen molar-refractivity contribution in [3.63, 3.8) is 0 Å². The Kier molecular flexibility index (Phi) is 7.11. The molecule has 5 aromatic rings. The molecular formula is C30H26N8O2. The highest BCUT2D eigenvalue weighted by Crippen LogP contribution is 2.24. The molecule has 40 heavy (non-hydrogen) atoms. The zero-order chi connectivity index (χ0) is 28.2. The Morgan fingerprint density at radius 3 is 2.70 bits per heavy atom. The van der Waals surface area contributed by atoms with Crippen molar-refractivity contribution in [3.8, 4) is 17.5 Å². The van der Waals surface area contributed by atoms with Crippen molar-refractivity contribution in [3.05, 3.63) is 113 Å². The minimum Gasteiger partial charge on any atom is -0.405 e. The molecule has 5 rings (SSSR count). The molecule has 198 valence electrons. The third-order valence-electron chi connectivity index (χ3n) is 6.35. The number of nitrogens with zero attached hydrogens (tertiary/aromatic N) is 5. The molecular weight excluding hydrogens is 504 g/mol. The van der Waals surface area contributed by atoms with Crippen LogP contribution in [-0.4, -0.2) is 37.8 Å². The van der Waals surface area contributed by atoms with E-state index in [2.05, 4.69) is 32.2 Å². The van der Waals surface area contributed by atoms with Crippen molar-refractivity contribution in [2.24, 2.45) is 10.7 Å². The Morgan fingerprint density at radius 1 is 1.15 bits per heavy atom. The summed E-state index contributed by atoms with van der Waals surface area (Å²) in [5.41, 5.74) is 14.0. The van der Waals surface area contributed by atoms with Gasteiger partial charge < -0.3 is 16.8 Å². The van der Waals surface area contributed by atoms with E-state index in [1.807, 2.05) is 48.5 Å². The number of para-hydroxylation sites is 1. The van der Waals surface area contributed by atoms with E-state index in [1.165, 1.54) is 10.7 Å². The first-order chi connectivity index (χ1) is 19.4. The molecule has 10 heteroatoms. The zero-order valence-electron chi connectivity index (χ0n) is 21.9. The third-order valence-corrected chi connectivity index (χ3v) is 6.35. The van der Waals surface area contributed by atoms with E-state index in [-0.39, 0.29) is 16.9 Å². The minimum atomic E-state index is -0.592. The predicted molar refractivity (Wildman–Crippen MR) is 156 cm³/mol. The number of pyridine rings is 1. The number of anilines is 1. The highest BCUT2D eigenvalue weighted by molar-refractivity contribution is 6.09. The van der Waals surface area contributed by atoms with E-state index in [9.17, 15) is 9.59 Å². The van der Waals surface area contributed by atoms with Crippen molar-refractivity contribution in [1.82, 2.24) is 24.5 Å². The van der Waals surface area contributed by atoms with Crippen LogP contribution in [0.5, 0.6) is 0 Å². The van der Waals surface area contributed by atoms with Gasteiger partial charge in [-0.3, -0.25) is 19.1 Å². The number of aromatic nitrogens is 4. The van der Waals surface area contributed by atoms with E-state index >= 15 is 0 Å². The number of nitrogens with two attached hydrogens (primary N) is 2. The lowest BCUT2D eigenvalue weighted by molar-refractivity contribution is 0.0941. The van der Waals surface area contributed by atoms with Gasteiger partial charge in [0.25, 0.3) is 11.5 Å². The number of nitrogens with one attached hydrogen (secondary N) is 1. The highest BCUT2D eigenvalue weighted by atomic mass is 16.2. The summed E-state index contributed by atoms with van der Waals surface area (Å²) < 4.78 is 3.04. The summed E-state index contributed by atoms with van der Waals surface area (Å²) in [6, 6.07) is 17.7. The maximum atomic E-state index is 14.1. The first-order valence-corrected chi connectivity index (χ1v) is 12.4. The second-order valence-corrected chi connectivity index (χ2v) is 8.88. The van der Waals surface area contributed by atoms with E-state index in [1.54, 1.807) is 49.1 Å². The molecule has 3 heterocycles. The Bertz CT molecular complexity index is 1920. The van der Waals surface area contributed by atoms with Crippen LogP contribution in [0.15, 0.2) is 95.1 Å². The molecule has 0 fully saturated rings. The maximum Gasteiger partial charge on any atom is 0.264 e. The quantitative estimate of drug-likeness (QED) is 0.235. The fourth-order valence-electron chi connectivity index (χ4n) is 4.51. The number of aliphatic imine (C=N–C) groups is 1. The molecule has 0 radical (unpaired) electrons. The predicted octanol–water partition coefficient (Wildman–Crippen LogP) is 3.00. The number of rotatable bonds is 5. The Balaban J connectivity index is 1.65. The molecule has 0 aliphatic heterocycles. The molecule has 3 aromatic heterocycles. The van der Waals surface area contributed by atoms with Crippen LogP contribution in [0, 0.1) is 11.8 Å². The smallest absolute Gasteiger partial charge is 0.264 e. The Labute approximate surface area is 229 Å². The number of carbonyl (C=O) groups is 1. The van der Waals surface area contributed by atoms with Gasteiger partial charge in [-0.15, -0.1) is 5.10 Å². The number of amides is 1. The number of allylic oxidation sites excluding steroid dienone is 1. The van der Waals surface area contributed by atoms with Crippen LogP contribution in [0.3, 0.4) is 0 Å². The second kappa shape index (κ2) is 11.0. The van der Waals surface area contributed by atoms with E-state index in [0.717, 1.165) is 0 Å². The molecule has 1 atom stereocenters. The summed E-state index contributed by atoms with van der Waals surface area (Å²) in [5.74, 6) is 5.64. The minimum absolute atomic E-state index is 0.0602. The summed E-state index contributed by atoms with van der Waals surface area (Å²) in [5, 5.41) is 8.28. The molecule has 1 amide bonds. The van der Waals surface area contributed by atoms with Gasteiger partial charge in [0, 0.05) is 36.4 Å². The normalized spacial score (nSPS) is 12.4. The monoisotopic (exact) mass is 530 g/mol. The first kappa shape index (κ1) is 25.9. The van der Waals surface area contributed by atoms with Crippen LogP contribution in [0.2, 0.25) is 0 Å². The molecule has 2 aromatic carbocycles. The summed E-state index contributed by atoms with van der Waals surface area (Å²) in [4.78, 5) is 35.9. The molecule has 0 bridgehead atoms. The lowest BCUT2D eigenvalue weighted by Crippen LogP contribution is -2.32. The molecule has 0 saturated heterocycles. The lowest BCUT2D eigenvalue weighted by atomic mass is 10.0. The summed E-state index contributed by atoms with van der Waals surface area (Å²) >= 11 is 0. The van der Waals surface area contributed by atoms with E-state index in [0.29, 0.717) is 39.1 Å². The van der Waals surface area contributed by atoms with Gasteiger partial charge in [0.1, 0.15) is 11.3 Å². The Hall–Kier alpha value is -5.69. The van der Waals surface area contributed by atoms with Gasteiger partial charge in [0.15, 0.2) is 11.5 Å². The molecule has 0 saturated carbocycles. The van der Waals surface area contributed by atoms with E-state index < -0.39 is 11.9 Å². The van der Waals surface area contributed by atoms with Gasteiger partial charge in [-0.2, -0.15) is 0 Å². The highest BCUT2D eigenvalue weighted by Gasteiger charge is 2.23. The molecule has 0 spiro atoms. The molecule has 10 nitrogen and oxygen atoms in total. The van der Waals surface area contributed by atoms with Gasteiger partial charge in [-0.25, -0.2) is 9.50 Å². The van der Waals surface area contributed by atoms with Crippen LogP contribution in [0.1, 0.15) is 34.6 Å². The SMILES string of the molecule is CN=C(C#Cc1cccc2cc([C@H](C)NC(=O)c3c(N)nn4cccnc34)n(-c3ccccc3)c(=O)c12)C=CN. The van der Waals surface area contributed by atoms with Crippen molar-refractivity contribution >= 4 is 33.9 Å². The van der Waals surface area contributed by atoms with Gasteiger partial charge in [0.05, 0.1) is 11.4 Å². The van der Waals surface area contributed by atoms with Crippen molar-refractivity contribution in [1.29, 1.82) is 0 Å². The largest absolute Gasteiger partial charge is 0.405 e. The lowest BCUT2D eigenvalue weighted by Gasteiger charge is -2.21. The number of fused-ring (bicyclic) bond motifs is 2. The maximum absolute atomic E-state index is 14.1. The van der Waals surface area contributed by atoms with Gasteiger partial charge in [0.2, 0.25) is 0 Å². The average Bonchev–Trinajstić information content (AvgIpc) is 3.31. The number of nitrogen functional groups attached to an aromatic ring is 1. The number of carbonyl (C=O) groups excluding carboxylic acids is 1. The van der Waals surface area contributed by atoms with Crippen LogP contribution in [0.25, 0.3) is 22.1 Å². The van der Waals surface area contributed by atoms with Crippen LogP contribution >= 0.6 is 0 Å². The van der Waals surface area contributed by atoms with E-state index in [4.69, 9.17) is 11.5 Å².